The van der Waals surface area contributed by atoms with Crippen molar-refractivity contribution in [2.75, 3.05) is 24.3 Å². The summed E-state index contributed by atoms with van der Waals surface area (Å²) >= 11 is 0. The van der Waals surface area contributed by atoms with Gasteiger partial charge in [-0.25, -0.2) is 0 Å². The lowest BCUT2D eigenvalue weighted by Crippen LogP contribution is -2.20. The van der Waals surface area contributed by atoms with Crippen LogP contribution in [-0.2, 0) is 4.79 Å². The molecule has 1 heterocycles. The van der Waals surface area contributed by atoms with Crippen molar-refractivity contribution in [2.45, 2.75) is 0 Å². The van der Waals surface area contributed by atoms with Crippen LogP contribution in [0.15, 0.2) is 42.5 Å². The third-order valence-corrected chi connectivity index (χ3v) is 3.89. The van der Waals surface area contributed by atoms with Gasteiger partial charge in [-0.3, -0.25) is 14.9 Å². The molecule has 0 bridgehead atoms. The Hall–Kier alpha value is -3.15. The number of rotatable bonds is 3. The molecule has 0 radical (unpaired) electrons. The van der Waals surface area contributed by atoms with Gasteiger partial charge in [0, 0.05) is 31.3 Å². The van der Waals surface area contributed by atoms with Gasteiger partial charge in [-0.2, -0.15) is 0 Å². The SMILES string of the molecule is CNc1ccc(/C=C2/C(=O)N(C)c3ccccc32)cc1[N+](=O)[O-]. The quantitative estimate of drug-likeness (QED) is 0.537. The predicted octanol–water partition coefficient (Wildman–Crippen LogP) is 3.15. The Bertz CT molecular complexity index is 843. The first kappa shape index (κ1) is 14.8. The van der Waals surface area contributed by atoms with Gasteiger partial charge in [-0.05, 0) is 23.8 Å². The summed E-state index contributed by atoms with van der Waals surface area (Å²) in [5, 5.41) is 13.9. The summed E-state index contributed by atoms with van der Waals surface area (Å²) < 4.78 is 0. The van der Waals surface area contributed by atoms with E-state index in [0.29, 0.717) is 16.8 Å². The van der Waals surface area contributed by atoms with Gasteiger partial charge < -0.3 is 10.2 Å². The number of amides is 1. The van der Waals surface area contributed by atoms with Gasteiger partial charge in [0.25, 0.3) is 11.6 Å². The van der Waals surface area contributed by atoms with Crippen molar-refractivity contribution in [1.82, 2.24) is 0 Å². The number of hydrogen-bond acceptors (Lipinski definition) is 4. The third kappa shape index (κ3) is 2.44. The number of carbonyl (C=O) groups is 1. The van der Waals surface area contributed by atoms with Crippen LogP contribution >= 0.6 is 0 Å². The number of anilines is 2. The van der Waals surface area contributed by atoms with E-state index in [2.05, 4.69) is 5.32 Å². The summed E-state index contributed by atoms with van der Waals surface area (Å²) in [6.07, 6.45) is 1.69. The molecule has 0 unspecified atom stereocenters. The zero-order valence-corrected chi connectivity index (χ0v) is 12.7. The number of fused-ring (bicyclic) bond motifs is 1. The summed E-state index contributed by atoms with van der Waals surface area (Å²) in [5.41, 5.74) is 3.24. The van der Waals surface area contributed by atoms with Crippen molar-refractivity contribution in [3.8, 4) is 0 Å². The highest BCUT2D eigenvalue weighted by molar-refractivity contribution is 6.35. The number of nitrogens with one attached hydrogen (secondary N) is 1. The molecule has 116 valence electrons. The maximum absolute atomic E-state index is 12.4. The normalized spacial score (nSPS) is 15.0. The van der Waals surface area contributed by atoms with Crippen molar-refractivity contribution in [3.63, 3.8) is 0 Å². The molecule has 23 heavy (non-hydrogen) atoms. The third-order valence-electron chi connectivity index (χ3n) is 3.89. The summed E-state index contributed by atoms with van der Waals surface area (Å²) in [4.78, 5) is 24.7. The fourth-order valence-corrected chi connectivity index (χ4v) is 2.71. The first-order valence-electron chi connectivity index (χ1n) is 7.08. The van der Waals surface area contributed by atoms with E-state index >= 15 is 0 Å². The maximum Gasteiger partial charge on any atom is 0.292 e. The van der Waals surface area contributed by atoms with E-state index in [1.54, 1.807) is 37.2 Å². The van der Waals surface area contributed by atoms with Gasteiger partial charge in [-0.1, -0.05) is 24.3 Å². The van der Waals surface area contributed by atoms with E-state index in [9.17, 15) is 14.9 Å². The average molecular weight is 309 g/mol. The smallest absolute Gasteiger partial charge is 0.292 e. The minimum atomic E-state index is -0.440. The summed E-state index contributed by atoms with van der Waals surface area (Å²) in [6.45, 7) is 0. The fraction of sp³-hybridized carbons (Fsp3) is 0.118. The van der Waals surface area contributed by atoms with Crippen LogP contribution < -0.4 is 10.2 Å². The molecule has 6 nitrogen and oxygen atoms in total. The highest BCUT2D eigenvalue weighted by Crippen LogP contribution is 2.37. The molecule has 0 spiro atoms. The van der Waals surface area contributed by atoms with Crippen LogP contribution in [0.3, 0.4) is 0 Å². The van der Waals surface area contributed by atoms with Crippen LogP contribution in [0.5, 0.6) is 0 Å². The largest absolute Gasteiger partial charge is 0.383 e. The Balaban J connectivity index is 2.11. The van der Waals surface area contributed by atoms with E-state index in [1.165, 1.54) is 6.07 Å². The standard InChI is InChI=1S/C17H15N3O3/c1-18-14-8-7-11(10-16(14)20(22)23)9-13-12-5-3-4-6-15(12)19(2)17(13)21/h3-10,18H,1-2H3/b13-9+. The lowest BCUT2D eigenvalue weighted by atomic mass is 10.0. The number of likely N-dealkylation sites (N-methyl/N-ethyl adjacent to an activating group) is 1. The van der Waals surface area contributed by atoms with Gasteiger partial charge in [0.15, 0.2) is 0 Å². The zero-order valence-electron chi connectivity index (χ0n) is 12.7. The van der Waals surface area contributed by atoms with Gasteiger partial charge in [0.2, 0.25) is 0 Å². The zero-order chi connectivity index (χ0) is 16.6. The summed E-state index contributed by atoms with van der Waals surface area (Å²) in [6, 6.07) is 12.3. The molecule has 3 rings (SSSR count). The van der Waals surface area contributed by atoms with Crippen molar-refractivity contribution in [2.24, 2.45) is 0 Å². The maximum atomic E-state index is 12.4. The topological polar surface area (TPSA) is 75.5 Å². The monoisotopic (exact) mass is 309 g/mol. The Morgan fingerprint density at radius 3 is 2.65 bits per heavy atom. The van der Waals surface area contributed by atoms with Gasteiger partial charge in [-0.15, -0.1) is 0 Å². The van der Waals surface area contributed by atoms with Crippen LogP contribution in [0.1, 0.15) is 11.1 Å². The molecule has 0 aromatic heterocycles. The molecule has 6 heteroatoms. The lowest BCUT2D eigenvalue weighted by Gasteiger charge is -2.08. The van der Waals surface area contributed by atoms with Crippen LogP contribution in [0.2, 0.25) is 0 Å². The van der Waals surface area contributed by atoms with Crippen molar-refractivity contribution >= 4 is 34.6 Å². The van der Waals surface area contributed by atoms with Crippen molar-refractivity contribution in [3.05, 3.63) is 63.7 Å². The highest BCUT2D eigenvalue weighted by Gasteiger charge is 2.29. The minimum Gasteiger partial charge on any atom is -0.383 e. The molecule has 0 saturated carbocycles. The van der Waals surface area contributed by atoms with Gasteiger partial charge >= 0.3 is 0 Å². The molecular weight excluding hydrogens is 294 g/mol. The first-order valence-corrected chi connectivity index (χ1v) is 7.08. The van der Waals surface area contributed by atoms with Crippen LogP contribution in [0.4, 0.5) is 17.1 Å². The number of nitrogens with zero attached hydrogens (tertiary/aromatic N) is 2. The summed E-state index contributed by atoms with van der Waals surface area (Å²) in [5.74, 6) is -0.119. The van der Waals surface area contributed by atoms with E-state index < -0.39 is 4.92 Å². The Morgan fingerprint density at radius 2 is 1.96 bits per heavy atom. The molecule has 1 aliphatic rings. The second-order valence-corrected chi connectivity index (χ2v) is 5.22. The fourth-order valence-electron chi connectivity index (χ4n) is 2.71. The Morgan fingerprint density at radius 1 is 1.22 bits per heavy atom. The number of nitro groups is 1. The molecule has 0 aliphatic carbocycles. The number of benzene rings is 2. The second-order valence-electron chi connectivity index (χ2n) is 5.22. The van der Waals surface area contributed by atoms with Crippen LogP contribution in [-0.4, -0.2) is 24.9 Å². The van der Waals surface area contributed by atoms with Gasteiger partial charge in [0.1, 0.15) is 5.69 Å². The number of para-hydroxylation sites is 1. The van der Waals surface area contributed by atoms with Crippen LogP contribution in [0, 0.1) is 10.1 Å². The molecule has 0 saturated heterocycles. The van der Waals surface area contributed by atoms with Crippen molar-refractivity contribution in [1.29, 1.82) is 0 Å². The molecular formula is C17H15N3O3. The first-order chi connectivity index (χ1) is 11.0. The number of carbonyl (C=O) groups excluding carboxylic acids is 1. The van der Waals surface area contributed by atoms with Gasteiger partial charge in [0.05, 0.1) is 10.6 Å². The van der Waals surface area contributed by atoms with E-state index in [1.807, 2.05) is 24.3 Å². The highest BCUT2D eigenvalue weighted by atomic mass is 16.6. The van der Waals surface area contributed by atoms with Crippen LogP contribution in [0.25, 0.3) is 11.6 Å². The Kier molecular flexibility index (Phi) is 3.57. The van der Waals surface area contributed by atoms with Crippen molar-refractivity contribution < 1.29 is 9.72 Å². The summed E-state index contributed by atoms with van der Waals surface area (Å²) in [7, 11) is 3.35. The van der Waals surface area contributed by atoms with E-state index in [0.717, 1.165) is 11.3 Å². The number of nitro benzene ring substituents is 1. The predicted molar refractivity (Wildman–Crippen MR) is 90.4 cm³/mol. The minimum absolute atomic E-state index is 0.0195. The molecule has 2 aromatic carbocycles. The average Bonchev–Trinajstić information content (AvgIpc) is 2.80. The van der Waals surface area contributed by atoms with E-state index in [-0.39, 0.29) is 11.6 Å². The number of hydrogen-bond donors (Lipinski definition) is 1. The Labute approximate surface area is 133 Å². The molecule has 1 aliphatic heterocycles. The van der Waals surface area contributed by atoms with E-state index in [4.69, 9.17) is 0 Å². The molecule has 1 amide bonds. The molecule has 2 aromatic rings. The molecule has 0 atom stereocenters. The molecule has 1 N–H and O–H groups in total. The second kappa shape index (κ2) is 5.57. The lowest BCUT2D eigenvalue weighted by molar-refractivity contribution is -0.383. The molecule has 0 fully saturated rings.